The van der Waals surface area contributed by atoms with Crippen LogP contribution in [0.1, 0.15) is 37.0 Å². The molecule has 0 saturated carbocycles. The van der Waals surface area contributed by atoms with Crippen molar-refractivity contribution in [2.75, 3.05) is 13.1 Å². The van der Waals surface area contributed by atoms with Gasteiger partial charge in [0.25, 0.3) is 0 Å². The molecule has 1 heterocycles. The summed E-state index contributed by atoms with van der Waals surface area (Å²) in [5.74, 6) is 0.0367. The molecule has 0 bridgehead atoms. The van der Waals surface area contributed by atoms with Crippen LogP contribution >= 0.6 is 11.6 Å². The van der Waals surface area contributed by atoms with Crippen molar-refractivity contribution >= 4 is 22.6 Å². The zero-order chi connectivity index (χ0) is 15.9. The molecule has 118 valence electrons. The van der Waals surface area contributed by atoms with Gasteiger partial charge in [-0.3, -0.25) is 0 Å². The van der Waals surface area contributed by atoms with Crippen LogP contribution in [0.2, 0.25) is 5.02 Å². The Labute approximate surface area is 134 Å². The molecule has 2 aromatic rings. The molecule has 1 aromatic heterocycles. The highest BCUT2D eigenvalue weighted by atomic mass is 35.5. The van der Waals surface area contributed by atoms with Crippen molar-refractivity contribution in [2.24, 2.45) is 0 Å². The molecule has 22 heavy (non-hydrogen) atoms. The smallest absolute Gasteiger partial charge is 0.339 e. The standard InChI is InChI=1S/C17H20ClNO3/c1-3-19(4-2)9-13-15(20)14(18)8-12-10-6-5-7-11(10)17(21)22-16(12)13/h8,20H,3-7,9H2,1-2H3/p+1. The van der Waals surface area contributed by atoms with Crippen LogP contribution < -0.4 is 10.5 Å². The van der Waals surface area contributed by atoms with E-state index < -0.39 is 0 Å². The average Bonchev–Trinajstić information content (AvgIpc) is 3.00. The molecule has 0 spiro atoms. The van der Waals surface area contributed by atoms with E-state index in [2.05, 4.69) is 13.8 Å². The van der Waals surface area contributed by atoms with Crippen LogP contribution in [0.25, 0.3) is 11.0 Å². The third-order valence-corrected chi connectivity index (χ3v) is 5.00. The molecule has 0 fully saturated rings. The van der Waals surface area contributed by atoms with Gasteiger partial charge in [-0.1, -0.05) is 11.6 Å². The van der Waals surface area contributed by atoms with Crippen molar-refractivity contribution in [1.82, 2.24) is 0 Å². The van der Waals surface area contributed by atoms with Gasteiger partial charge in [-0.15, -0.1) is 0 Å². The van der Waals surface area contributed by atoms with Crippen LogP contribution in [-0.4, -0.2) is 18.2 Å². The average molecular weight is 323 g/mol. The fraction of sp³-hybridized carbons (Fsp3) is 0.471. The Hall–Kier alpha value is -1.52. The summed E-state index contributed by atoms with van der Waals surface area (Å²) in [5, 5.41) is 11.6. The van der Waals surface area contributed by atoms with Gasteiger partial charge < -0.3 is 14.4 Å². The topological polar surface area (TPSA) is 54.9 Å². The number of nitrogens with one attached hydrogen (secondary N) is 1. The van der Waals surface area contributed by atoms with Gasteiger partial charge in [0.15, 0.2) is 5.58 Å². The summed E-state index contributed by atoms with van der Waals surface area (Å²) in [6.07, 6.45) is 2.60. The second kappa shape index (κ2) is 5.94. The van der Waals surface area contributed by atoms with Gasteiger partial charge in [-0.05, 0) is 44.7 Å². The number of halogens is 1. The third kappa shape index (κ3) is 2.40. The molecule has 0 amide bonds. The van der Waals surface area contributed by atoms with Crippen molar-refractivity contribution in [3.05, 3.63) is 38.2 Å². The fourth-order valence-corrected chi connectivity index (χ4v) is 3.57. The summed E-state index contributed by atoms with van der Waals surface area (Å²) in [7, 11) is 0. The minimum atomic E-state index is -0.266. The van der Waals surface area contributed by atoms with Crippen molar-refractivity contribution in [2.45, 2.75) is 39.7 Å². The third-order valence-electron chi connectivity index (χ3n) is 4.71. The monoisotopic (exact) mass is 322 g/mol. The Morgan fingerprint density at radius 1 is 1.27 bits per heavy atom. The first-order chi connectivity index (χ1) is 10.6. The maximum atomic E-state index is 12.2. The van der Waals surface area contributed by atoms with E-state index in [1.807, 2.05) is 0 Å². The number of phenols is 1. The number of rotatable bonds is 4. The number of fused-ring (bicyclic) bond motifs is 3. The predicted octanol–water partition coefficient (Wildman–Crippen LogP) is 2.07. The second-order valence-corrected chi connectivity index (χ2v) is 6.30. The van der Waals surface area contributed by atoms with Gasteiger partial charge in [-0.2, -0.15) is 0 Å². The first-order valence-electron chi connectivity index (χ1n) is 7.89. The van der Waals surface area contributed by atoms with E-state index in [0.717, 1.165) is 48.9 Å². The summed E-state index contributed by atoms with van der Waals surface area (Å²) in [5.41, 5.74) is 2.71. The Morgan fingerprint density at radius 3 is 2.64 bits per heavy atom. The molecule has 5 heteroatoms. The molecule has 3 rings (SSSR count). The summed E-state index contributed by atoms with van der Waals surface area (Å²) >= 11 is 6.23. The first kappa shape index (κ1) is 15.4. The molecule has 0 unspecified atom stereocenters. The van der Waals surface area contributed by atoms with Crippen molar-refractivity contribution in [1.29, 1.82) is 0 Å². The highest BCUT2D eigenvalue weighted by Crippen LogP contribution is 2.37. The van der Waals surface area contributed by atoms with Gasteiger partial charge in [0, 0.05) is 10.9 Å². The van der Waals surface area contributed by atoms with Crippen LogP contribution in [0.15, 0.2) is 15.3 Å². The zero-order valence-electron chi connectivity index (χ0n) is 13.0. The van der Waals surface area contributed by atoms with Gasteiger partial charge in [0.05, 0.1) is 23.7 Å². The lowest BCUT2D eigenvalue weighted by molar-refractivity contribution is -0.910. The molecular weight excluding hydrogens is 302 g/mol. The summed E-state index contributed by atoms with van der Waals surface area (Å²) in [6, 6.07) is 1.74. The summed E-state index contributed by atoms with van der Waals surface area (Å²) in [4.78, 5) is 13.5. The number of hydrogen-bond acceptors (Lipinski definition) is 3. The lowest BCUT2D eigenvalue weighted by Crippen LogP contribution is -3.10. The van der Waals surface area contributed by atoms with Crippen LogP contribution in [0, 0.1) is 0 Å². The van der Waals surface area contributed by atoms with Crippen molar-refractivity contribution in [3.8, 4) is 5.75 Å². The number of aryl methyl sites for hydroxylation is 1. The highest BCUT2D eigenvalue weighted by molar-refractivity contribution is 6.33. The minimum Gasteiger partial charge on any atom is -0.506 e. The zero-order valence-corrected chi connectivity index (χ0v) is 13.7. The minimum absolute atomic E-state index is 0.0367. The Kier molecular flexibility index (Phi) is 4.15. The molecule has 1 aliphatic rings. The number of benzene rings is 1. The number of quaternary nitrogens is 1. The summed E-state index contributed by atoms with van der Waals surface area (Å²) in [6.45, 7) is 6.64. The maximum Gasteiger partial charge on any atom is 0.339 e. The quantitative estimate of drug-likeness (QED) is 0.847. The van der Waals surface area contributed by atoms with Gasteiger partial charge in [-0.25, -0.2) is 4.79 Å². The summed E-state index contributed by atoms with van der Waals surface area (Å²) < 4.78 is 5.57. The van der Waals surface area contributed by atoms with E-state index in [1.54, 1.807) is 6.07 Å². The van der Waals surface area contributed by atoms with E-state index >= 15 is 0 Å². The van der Waals surface area contributed by atoms with E-state index in [9.17, 15) is 9.90 Å². The predicted molar refractivity (Wildman–Crippen MR) is 86.9 cm³/mol. The SMILES string of the molecule is CC[NH+](CC)Cc1c(O)c(Cl)cc2c3c(c(=O)oc12)CCC3. The van der Waals surface area contributed by atoms with Crippen LogP contribution in [-0.2, 0) is 19.4 Å². The molecule has 4 nitrogen and oxygen atoms in total. The number of phenolic OH excluding ortho intramolecular Hbond substituents is 1. The normalized spacial score (nSPS) is 14.0. The molecule has 1 aromatic carbocycles. The lowest BCUT2D eigenvalue weighted by Gasteiger charge is -2.18. The molecule has 0 atom stereocenters. The van der Waals surface area contributed by atoms with E-state index in [0.29, 0.717) is 22.7 Å². The molecule has 0 saturated heterocycles. The highest BCUT2D eigenvalue weighted by Gasteiger charge is 2.25. The molecule has 1 aliphatic carbocycles. The fourth-order valence-electron chi connectivity index (χ4n) is 3.35. The largest absolute Gasteiger partial charge is 0.506 e. The maximum absolute atomic E-state index is 12.2. The Morgan fingerprint density at radius 2 is 1.95 bits per heavy atom. The lowest BCUT2D eigenvalue weighted by atomic mass is 10.0. The number of hydrogen-bond donors (Lipinski definition) is 2. The van der Waals surface area contributed by atoms with Crippen molar-refractivity contribution in [3.63, 3.8) is 0 Å². The molecular formula is C17H21ClNO3+. The van der Waals surface area contributed by atoms with Crippen LogP contribution in [0.5, 0.6) is 5.75 Å². The number of aromatic hydroxyl groups is 1. The molecule has 0 radical (unpaired) electrons. The van der Waals surface area contributed by atoms with Gasteiger partial charge >= 0.3 is 5.63 Å². The Balaban J connectivity index is 2.28. The first-order valence-corrected chi connectivity index (χ1v) is 8.27. The molecule has 2 N–H and O–H groups in total. The van der Waals surface area contributed by atoms with E-state index in [-0.39, 0.29) is 11.4 Å². The Bertz CT molecular complexity index is 778. The molecule has 0 aliphatic heterocycles. The van der Waals surface area contributed by atoms with E-state index in [1.165, 1.54) is 4.90 Å². The second-order valence-electron chi connectivity index (χ2n) is 5.90. The van der Waals surface area contributed by atoms with Gasteiger partial charge in [0.2, 0.25) is 0 Å². The van der Waals surface area contributed by atoms with Crippen molar-refractivity contribution < 1.29 is 14.4 Å². The van der Waals surface area contributed by atoms with Crippen LogP contribution in [0.4, 0.5) is 0 Å². The van der Waals surface area contributed by atoms with Crippen LogP contribution in [0.3, 0.4) is 0 Å². The van der Waals surface area contributed by atoms with E-state index in [4.69, 9.17) is 16.0 Å². The van der Waals surface area contributed by atoms with Gasteiger partial charge in [0.1, 0.15) is 12.3 Å².